The number of anilines is 1. The second kappa shape index (κ2) is 11.3. The predicted octanol–water partition coefficient (Wildman–Crippen LogP) is 3.83. The molecular formula is C26H33N3O7S. The normalized spacial score (nSPS) is 18.7. The monoisotopic (exact) mass is 531 g/mol. The van der Waals surface area contributed by atoms with Crippen LogP contribution in [-0.2, 0) is 24.4 Å². The maximum absolute atomic E-state index is 13.3. The number of ether oxygens (including phenoxy) is 1. The Hall–Kier alpha value is -3.44. The van der Waals surface area contributed by atoms with Crippen molar-refractivity contribution in [3.63, 3.8) is 0 Å². The summed E-state index contributed by atoms with van der Waals surface area (Å²) in [5.74, 6) is -0.931. The van der Waals surface area contributed by atoms with E-state index in [2.05, 4.69) is 10.6 Å². The molecule has 3 amide bonds. The Labute approximate surface area is 217 Å². The van der Waals surface area contributed by atoms with Crippen LogP contribution in [0.5, 0.6) is 0 Å². The van der Waals surface area contributed by atoms with E-state index in [0.717, 1.165) is 5.56 Å². The van der Waals surface area contributed by atoms with Gasteiger partial charge in [0, 0.05) is 5.69 Å². The van der Waals surface area contributed by atoms with Crippen LogP contribution in [0, 0.1) is 0 Å². The summed E-state index contributed by atoms with van der Waals surface area (Å²) in [6.45, 7) is 6.25. The zero-order valence-electron chi connectivity index (χ0n) is 21.3. The van der Waals surface area contributed by atoms with Gasteiger partial charge >= 0.3 is 12.0 Å². The lowest BCUT2D eigenvalue weighted by Gasteiger charge is -2.31. The van der Waals surface area contributed by atoms with E-state index in [1.807, 2.05) is 30.3 Å². The zero-order chi connectivity index (χ0) is 27.4. The molecule has 1 heterocycles. The lowest BCUT2D eigenvalue weighted by atomic mass is 10.0. The quantitative estimate of drug-likeness (QED) is 0.364. The highest BCUT2D eigenvalue weighted by Crippen LogP contribution is 2.37. The van der Waals surface area contributed by atoms with Gasteiger partial charge in [-0.1, -0.05) is 42.5 Å². The Bertz CT molecular complexity index is 1240. The third-order valence-corrected chi connectivity index (χ3v) is 7.16. The molecule has 2 aromatic rings. The van der Waals surface area contributed by atoms with Crippen molar-refractivity contribution in [1.82, 2.24) is 10.2 Å². The summed E-state index contributed by atoms with van der Waals surface area (Å²) < 4.78 is 37.7. The van der Waals surface area contributed by atoms with Gasteiger partial charge in [-0.3, -0.25) is 9.35 Å². The summed E-state index contributed by atoms with van der Waals surface area (Å²) in [5.41, 5.74) is 0.749. The van der Waals surface area contributed by atoms with E-state index in [1.165, 1.54) is 30.0 Å². The number of nitrogens with zero attached hydrogens (tertiary/aromatic N) is 1. The summed E-state index contributed by atoms with van der Waals surface area (Å²) in [7, 11) is -4.30. The molecule has 2 aromatic carbocycles. The first kappa shape index (κ1) is 28.1. The smallest absolute Gasteiger partial charge is 0.329 e. The number of likely N-dealkylation sites (tertiary alicyclic amines) is 1. The van der Waals surface area contributed by atoms with Gasteiger partial charge in [0.05, 0.1) is 12.6 Å². The summed E-state index contributed by atoms with van der Waals surface area (Å²) in [6, 6.07) is 13.6. The van der Waals surface area contributed by atoms with E-state index in [1.54, 1.807) is 26.8 Å². The minimum atomic E-state index is -4.30. The lowest BCUT2D eigenvalue weighted by molar-refractivity contribution is -0.164. The number of rotatable bonds is 7. The van der Waals surface area contributed by atoms with Gasteiger partial charge in [-0.05, 0) is 63.8 Å². The van der Waals surface area contributed by atoms with Crippen molar-refractivity contribution in [2.75, 3.05) is 11.9 Å². The molecule has 0 aliphatic carbocycles. The predicted molar refractivity (Wildman–Crippen MR) is 138 cm³/mol. The highest BCUT2D eigenvalue weighted by molar-refractivity contribution is 7.86. The highest BCUT2D eigenvalue weighted by atomic mass is 32.2. The van der Waals surface area contributed by atoms with Gasteiger partial charge in [-0.2, -0.15) is 8.42 Å². The minimum absolute atomic E-state index is 0.285. The van der Waals surface area contributed by atoms with Crippen LogP contribution < -0.4 is 10.6 Å². The van der Waals surface area contributed by atoms with Crippen molar-refractivity contribution in [3.05, 3.63) is 65.7 Å². The molecule has 3 atom stereocenters. The fourth-order valence-electron chi connectivity index (χ4n) is 4.23. The maximum atomic E-state index is 13.3. The second-order valence-corrected chi connectivity index (χ2v) is 11.7. The topological polar surface area (TPSA) is 142 Å². The number of carbonyl (C=O) groups excluding carboxylic acids is 3. The number of urea groups is 1. The number of hydrogen-bond donors (Lipinski definition) is 3. The molecule has 0 bridgehead atoms. The van der Waals surface area contributed by atoms with Gasteiger partial charge in [0.2, 0.25) is 5.91 Å². The second-order valence-electron chi connectivity index (χ2n) is 9.94. The van der Waals surface area contributed by atoms with Crippen LogP contribution in [0.25, 0.3) is 0 Å². The van der Waals surface area contributed by atoms with Crippen molar-refractivity contribution < 1.29 is 32.1 Å². The minimum Gasteiger partial charge on any atom is -0.458 e. The van der Waals surface area contributed by atoms with Gasteiger partial charge in [0.25, 0.3) is 10.1 Å². The molecule has 10 nitrogen and oxygen atoms in total. The average molecular weight is 532 g/mol. The standard InChI is InChI=1S/C26H33N3O7S/c1-17(37(33,34)35)19-11-8-12-20(15-19)28-25(32)27-16-23(30)29-21(18-9-6-5-7-10-18)13-14-22(29)24(31)36-26(2,3)4/h5-12,15,17,21-22H,13-14,16H2,1-4H3,(H2,27,28,32)(H,33,34,35)/t17?,21-,22+/m1/s1. The molecule has 3 N–H and O–H groups in total. The first-order valence-electron chi connectivity index (χ1n) is 12.0. The highest BCUT2D eigenvalue weighted by Gasteiger charge is 2.43. The third kappa shape index (κ3) is 7.53. The van der Waals surface area contributed by atoms with Gasteiger partial charge in [0.15, 0.2) is 0 Å². The lowest BCUT2D eigenvalue weighted by Crippen LogP contribution is -2.48. The average Bonchev–Trinajstić information content (AvgIpc) is 3.27. The molecule has 37 heavy (non-hydrogen) atoms. The first-order chi connectivity index (χ1) is 17.3. The van der Waals surface area contributed by atoms with Crippen LogP contribution in [0.3, 0.4) is 0 Å². The van der Waals surface area contributed by atoms with Crippen molar-refractivity contribution in [3.8, 4) is 0 Å². The molecular weight excluding hydrogens is 498 g/mol. The van der Waals surface area contributed by atoms with Crippen LogP contribution in [-0.4, -0.2) is 54.0 Å². The molecule has 1 saturated heterocycles. The molecule has 1 aliphatic rings. The third-order valence-electron chi connectivity index (χ3n) is 6.00. The molecule has 11 heteroatoms. The fraction of sp³-hybridized carbons (Fsp3) is 0.423. The van der Waals surface area contributed by atoms with E-state index in [0.29, 0.717) is 18.4 Å². The van der Waals surface area contributed by atoms with Crippen LogP contribution >= 0.6 is 0 Å². The summed E-state index contributed by atoms with van der Waals surface area (Å²) >= 11 is 0. The van der Waals surface area contributed by atoms with Crippen molar-refractivity contribution in [2.45, 2.75) is 63.5 Å². The Morgan fingerprint density at radius 2 is 1.76 bits per heavy atom. The SMILES string of the molecule is CC(c1cccc(NC(=O)NCC(=O)N2[C@@H](c3ccccc3)CC[C@H]2C(=O)OC(C)(C)C)c1)S(=O)(=O)O. The number of carbonyl (C=O) groups is 3. The molecule has 1 fully saturated rings. The van der Waals surface area contributed by atoms with Crippen LogP contribution in [0.15, 0.2) is 54.6 Å². The summed E-state index contributed by atoms with van der Waals surface area (Å²) in [6.07, 6.45) is 1.01. The van der Waals surface area contributed by atoms with Crippen molar-refractivity contribution in [2.24, 2.45) is 0 Å². The van der Waals surface area contributed by atoms with Gasteiger partial charge in [0.1, 0.15) is 16.9 Å². The number of hydrogen-bond acceptors (Lipinski definition) is 6. The van der Waals surface area contributed by atoms with E-state index in [-0.39, 0.29) is 18.3 Å². The molecule has 200 valence electrons. The van der Waals surface area contributed by atoms with Crippen LogP contribution in [0.1, 0.15) is 63.0 Å². The Kier molecular flexibility index (Phi) is 8.60. The number of esters is 1. The van der Waals surface area contributed by atoms with E-state index in [4.69, 9.17) is 4.74 Å². The van der Waals surface area contributed by atoms with Gasteiger partial charge < -0.3 is 20.3 Å². The number of amides is 3. The molecule has 0 spiro atoms. The van der Waals surface area contributed by atoms with Gasteiger partial charge in [-0.15, -0.1) is 0 Å². The Balaban J connectivity index is 1.71. The largest absolute Gasteiger partial charge is 0.458 e. The molecule has 3 rings (SSSR count). The molecule has 0 radical (unpaired) electrons. The Morgan fingerprint density at radius 3 is 2.38 bits per heavy atom. The maximum Gasteiger partial charge on any atom is 0.329 e. The first-order valence-corrected chi connectivity index (χ1v) is 13.5. The molecule has 1 unspecified atom stereocenters. The summed E-state index contributed by atoms with van der Waals surface area (Å²) in [4.78, 5) is 40.2. The van der Waals surface area contributed by atoms with Crippen molar-refractivity contribution in [1.29, 1.82) is 0 Å². The van der Waals surface area contributed by atoms with E-state index >= 15 is 0 Å². The number of benzene rings is 2. The molecule has 0 aromatic heterocycles. The van der Waals surface area contributed by atoms with Crippen LogP contribution in [0.2, 0.25) is 0 Å². The molecule has 1 aliphatic heterocycles. The fourth-order valence-corrected chi connectivity index (χ4v) is 4.72. The van der Waals surface area contributed by atoms with Crippen LogP contribution in [0.4, 0.5) is 10.5 Å². The van der Waals surface area contributed by atoms with E-state index < -0.39 is 44.9 Å². The summed E-state index contributed by atoms with van der Waals surface area (Å²) in [5, 5.41) is 3.89. The number of nitrogens with one attached hydrogen (secondary N) is 2. The molecule has 0 saturated carbocycles. The zero-order valence-corrected chi connectivity index (χ0v) is 22.1. The Morgan fingerprint density at radius 1 is 1.08 bits per heavy atom. The van der Waals surface area contributed by atoms with Gasteiger partial charge in [-0.25, -0.2) is 9.59 Å². The van der Waals surface area contributed by atoms with Crippen molar-refractivity contribution >= 4 is 33.7 Å². The van der Waals surface area contributed by atoms with E-state index in [9.17, 15) is 27.4 Å².